The maximum absolute atomic E-state index is 12.2. The van der Waals surface area contributed by atoms with Crippen LogP contribution in [0.4, 0.5) is 11.4 Å². The summed E-state index contributed by atoms with van der Waals surface area (Å²) in [5.41, 5.74) is 5.91. The van der Waals surface area contributed by atoms with Crippen molar-refractivity contribution in [3.8, 4) is 0 Å². The number of unbranched alkanes of at least 4 members (excludes halogenated alkanes) is 2. The molecular formula is C42H46N2O6S. The molecule has 0 spiro atoms. The van der Waals surface area contributed by atoms with E-state index < -0.39 is 21.5 Å². The maximum atomic E-state index is 12.2. The summed E-state index contributed by atoms with van der Waals surface area (Å²) in [7, 11) is -2.94. The highest BCUT2D eigenvalue weighted by atomic mass is 32.2. The van der Waals surface area contributed by atoms with Gasteiger partial charge in [-0.3, -0.25) is 4.79 Å². The molecule has 9 heteroatoms. The average Bonchev–Trinajstić information content (AvgIpc) is 3.44. The van der Waals surface area contributed by atoms with Gasteiger partial charge in [-0.25, -0.2) is 8.42 Å². The van der Waals surface area contributed by atoms with Crippen molar-refractivity contribution in [3.05, 3.63) is 114 Å². The van der Waals surface area contributed by atoms with Crippen molar-refractivity contribution in [2.24, 2.45) is 0 Å². The van der Waals surface area contributed by atoms with E-state index in [1.165, 1.54) is 33.8 Å². The Hall–Kier alpha value is -4.57. The number of hydrogen-bond acceptors (Lipinski definition) is 6. The number of fused-ring (bicyclic) bond motifs is 6. The number of rotatable bonds is 13. The van der Waals surface area contributed by atoms with Gasteiger partial charge in [0, 0.05) is 54.6 Å². The molecule has 0 aromatic heterocycles. The van der Waals surface area contributed by atoms with Crippen LogP contribution < -0.4 is 4.90 Å². The second-order valence-corrected chi connectivity index (χ2v) is 15.7. The van der Waals surface area contributed by atoms with Gasteiger partial charge in [-0.2, -0.15) is 4.58 Å². The minimum absolute atomic E-state index is 0.136. The zero-order valence-electron chi connectivity index (χ0n) is 30.0. The highest BCUT2D eigenvalue weighted by Gasteiger charge is 2.45. The first-order valence-corrected chi connectivity index (χ1v) is 18.9. The van der Waals surface area contributed by atoms with Crippen LogP contribution in [-0.2, 0) is 30.5 Å². The Balaban J connectivity index is 1.36. The van der Waals surface area contributed by atoms with Gasteiger partial charge in [0.1, 0.15) is 16.7 Å². The number of aliphatic carboxylic acids is 1. The first kappa shape index (κ1) is 36.2. The maximum Gasteiger partial charge on any atom is 0.303 e. The van der Waals surface area contributed by atoms with Crippen molar-refractivity contribution in [2.75, 3.05) is 31.7 Å². The summed E-state index contributed by atoms with van der Waals surface area (Å²) >= 11 is 0. The standard InChI is InChI=1S/C42H46N2O6S/c1-41(2)37(44(27-28-50-5)33-24-22-29-15-11-12-16-30(29)39(33)41)20-9-6-8-19-36-42(3,4)40-32-17-14-18-35(51(47,48)49)31(32)23-25-34(40)43(36)26-13-7-10-21-38(45)46/h6,8-9,11-12,14-20,22-25H,7,10,13,21,26-28H2,1-5H3,(H-,45,46,47,48,49). The van der Waals surface area contributed by atoms with Crippen molar-refractivity contribution in [2.45, 2.75) is 69.1 Å². The summed E-state index contributed by atoms with van der Waals surface area (Å²) in [4.78, 5) is 13.1. The van der Waals surface area contributed by atoms with Gasteiger partial charge in [0.25, 0.3) is 0 Å². The lowest BCUT2D eigenvalue weighted by Gasteiger charge is -2.27. The van der Waals surface area contributed by atoms with Gasteiger partial charge in [-0.05, 0) is 78.1 Å². The van der Waals surface area contributed by atoms with E-state index in [1.807, 2.05) is 24.3 Å². The van der Waals surface area contributed by atoms with Crippen molar-refractivity contribution in [1.82, 2.24) is 0 Å². The van der Waals surface area contributed by atoms with Gasteiger partial charge < -0.3 is 19.3 Å². The van der Waals surface area contributed by atoms with Crippen molar-refractivity contribution < 1.29 is 32.2 Å². The topological polar surface area (TPSA) is 110 Å². The largest absolute Gasteiger partial charge is 0.744 e. The molecule has 2 heterocycles. The number of nitrogens with zero attached hydrogens (tertiary/aromatic N) is 2. The number of anilines is 1. The molecule has 8 nitrogen and oxygen atoms in total. The predicted octanol–water partition coefficient (Wildman–Crippen LogP) is 8.36. The lowest BCUT2D eigenvalue weighted by molar-refractivity contribution is -0.441. The van der Waals surface area contributed by atoms with Crippen LogP contribution in [0.15, 0.2) is 108 Å². The van der Waals surface area contributed by atoms with Crippen LogP contribution in [0.3, 0.4) is 0 Å². The Bertz CT molecular complexity index is 2240. The third-order valence-corrected chi connectivity index (χ3v) is 11.3. The fourth-order valence-corrected chi connectivity index (χ4v) is 8.78. The van der Waals surface area contributed by atoms with E-state index in [0.717, 1.165) is 41.7 Å². The second kappa shape index (κ2) is 14.2. The minimum Gasteiger partial charge on any atom is -0.744 e. The molecule has 6 rings (SSSR count). The van der Waals surface area contributed by atoms with Crippen molar-refractivity contribution >= 4 is 54.7 Å². The summed E-state index contributed by atoms with van der Waals surface area (Å²) in [6, 6.07) is 21.4. The second-order valence-electron chi connectivity index (χ2n) is 14.4. The molecule has 2 aliphatic rings. The number of hydrogen-bond donors (Lipinski definition) is 1. The van der Waals surface area contributed by atoms with E-state index in [-0.39, 0.29) is 16.7 Å². The first-order valence-electron chi connectivity index (χ1n) is 17.5. The van der Waals surface area contributed by atoms with Crippen molar-refractivity contribution in [1.29, 1.82) is 0 Å². The van der Waals surface area contributed by atoms with Crippen LogP contribution in [0.1, 0.15) is 64.5 Å². The molecule has 51 heavy (non-hydrogen) atoms. The molecule has 0 aliphatic carbocycles. The predicted molar refractivity (Wildman–Crippen MR) is 203 cm³/mol. The van der Waals surface area contributed by atoms with E-state index in [1.54, 1.807) is 19.2 Å². The fraction of sp³-hybridized carbons (Fsp3) is 0.333. The average molecular weight is 707 g/mol. The van der Waals surface area contributed by atoms with E-state index in [0.29, 0.717) is 25.0 Å². The molecule has 0 unspecified atom stereocenters. The van der Waals surface area contributed by atoms with Crippen LogP contribution in [0, 0.1) is 0 Å². The van der Waals surface area contributed by atoms with Crippen LogP contribution >= 0.6 is 0 Å². The smallest absolute Gasteiger partial charge is 0.303 e. The molecule has 0 radical (unpaired) electrons. The number of carboxylic acids is 1. The van der Waals surface area contributed by atoms with Gasteiger partial charge in [0.15, 0.2) is 12.3 Å². The molecule has 0 fully saturated rings. The third-order valence-electron chi connectivity index (χ3n) is 10.4. The molecule has 0 atom stereocenters. The molecule has 2 aliphatic heterocycles. The first-order chi connectivity index (χ1) is 24.3. The molecule has 1 N–H and O–H groups in total. The van der Waals surface area contributed by atoms with Gasteiger partial charge >= 0.3 is 5.97 Å². The highest BCUT2D eigenvalue weighted by Crippen LogP contribution is 2.51. The van der Waals surface area contributed by atoms with Crippen LogP contribution in [-0.4, -0.2) is 61.1 Å². The summed E-state index contributed by atoms with van der Waals surface area (Å²) in [6.45, 7) is 10.8. The van der Waals surface area contributed by atoms with Crippen LogP contribution in [0.5, 0.6) is 0 Å². The molecule has 4 aromatic rings. The zero-order valence-corrected chi connectivity index (χ0v) is 30.8. The molecule has 0 saturated carbocycles. The van der Waals surface area contributed by atoms with Gasteiger partial charge in [-0.15, -0.1) is 0 Å². The summed E-state index contributed by atoms with van der Waals surface area (Å²) in [5.74, 6) is -0.796. The summed E-state index contributed by atoms with van der Waals surface area (Å²) in [5, 5.41) is 12.7. The molecule has 0 bridgehead atoms. The van der Waals surface area contributed by atoms with E-state index in [2.05, 4.69) is 91.8 Å². The molecule has 0 amide bonds. The van der Waals surface area contributed by atoms with Gasteiger partial charge in [0.2, 0.25) is 5.69 Å². The van der Waals surface area contributed by atoms with Gasteiger partial charge in [-0.1, -0.05) is 81.0 Å². The summed E-state index contributed by atoms with van der Waals surface area (Å²) in [6.07, 6.45) is 12.7. The highest BCUT2D eigenvalue weighted by molar-refractivity contribution is 7.86. The summed E-state index contributed by atoms with van der Waals surface area (Å²) < 4.78 is 44.4. The van der Waals surface area contributed by atoms with E-state index in [9.17, 15) is 17.8 Å². The van der Waals surface area contributed by atoms with Crippen molar-refractivity contribution in [3.63, 3.8) is 0 Å². The number of ether oxygens (including phenoxy) is 1. The third kappa shape index (κ3) is 6.78. The minimum atomic E-state index is -4.67. The van der Waals surface area contributed by atoms with E-state index >= 15 is 0 Å². The molecule has 266 valence electrons. The Kier molecular flexibility index (Phi) is 10.1. The number of benzene rings is 4. The Morgan fingerprint density at radius 2 is 1.63 bits per heavy atom. The lowest BCUT2D eigenvalue weighted by Crippen LogP contribution is -2.28. The number of carboxylic acid groups (broad SMARTS) is 1. The van der Waals surface area contributed by atoms with Crippen LogP contribution in [0.25, 0.3) is 21.5 Å². The quantitative estimate of drug-likeness (QED) is 0.0644. The Morgan fingerprint density at radius 3 is 2.37 bits per heavy atom. The van der Waals surface area contributed by atoms with E-state index in [4.69, 9.17) is 9.84 Å². The molecule has 4 aromatic carbocycles. The monoisotopic (exact) mass is 706 g/mol. The Labute approximate surface area is 300 Å². The normalized spacial score (nSPS) is 17.5. The molecule has 0 saturated heterocycles. The SMILES string of the molecule is COCC[N+]1=C(/C=C/C=C/C=C2/N(CCCCCC(=O)O)c3ccc4c(S(=O)(=O)[O-])cccc4c3C2(C)C)C(C)(C)c2c1ccc1ccccc21. The fourth-order valence-electron chi connectivity index (χ4n) is 8.09. The number of methoxy groups -OCH3 is 1. The number of allylic oxidation sites excluding steroid dienone is 6. The Morgan fingerprint density at radius 1 is 0.863 bits per heavy atom. The van der Waals surface area contributed by atoms with Crippen LogP contribution in [0.2, 0.25) is 0 Å². The lowest BCUT2D eigenvalue weighted by atomic mass is 9.79. The zero-order chi connectivity index (χ0) is 36.6. The van der Waals surface area contributed by atoms with Gasteiger partial charge in [0.05, 0.1) is 10.3 Å². The number of carbonyl (C=O) groups is 1. The molecular weight excluding hydrogens is 661 g/mol.